The summed E-state index contributed by atoms with van der Waals surface area (Å²) in [6.45, 7) is 0. The van der Waals surface area contributed by atoms with Gasteiger partial charge in [-0.2, -0.15) is 0 Å². The van der Waals surface area contributed by atoms with E-state index >= 15 is 0 Å². The van der Waals surface area contributed by atoms with Gasteiger partial charge in [0, 0.05) is 39.9 Å². The van der Waals surface area contributed by atoms with Gasteiger partial charge in [-0.05, 0) is 0 Å². The fraction of sp³-hybridized carbons (Fsp3) is 0. The molecular formula is H6BaGdO4Si. The Hall–Kier alpha value is 2.95. The minimum absolute atomic E-state index is 0. The maximum Gasteiger partial charge on any atom is 0 e. The van der Waals surface area contributed by atoms with Crippen LogP contribution in [-0.4, -0.2) is 77.1 Å². The van der Waals surface area contributed by atoms with Crippen LogP contribution in [0.25, 0.3) is 0 Å². The van der Waals surface area contributed by atoms with Crippen molar-refractivity contribution >= 4 is 57.9 Å². The van der Waals surface area contributed by atoms with Gasteiger partial charge >= 0.3 is 57.9 Å². The summed E-state index contributed by atoms with van der Waals surface area (Å²) in [4.78, 5) is 29.3. The third kappa shape index (κ3) is 49.6. The number of hydrogen-bond donors (Lipinski definition) is 4. The summed E-state index contributed by atoms with van der Waals surface area (Å²) in [6.07, 6.45) is 0. The van der Waals surface area contributed by atoms with Crippen molar-refractivity contribution in [3.8, 4) is 0 Å². The van der Waals surface area contributed by atoms with Crippen molar-refractivity contribution < 1.29 is 59.1 Å². The van der Waals surface area contributed by atoms with Crippen molar-refractivity contribution in [3.05, 3.63) is 0 Å². The molecule has 0 saturated carbocycles. The molecular weight excluding hydrogens is 387 g/mol. The molecule has 0 atom stereocenters. The summed E-state index contributed by atoms with van der Waals surface area (Å²) in [6, 6.07) is 0. The van der Waals surface area contributed by atoms with Gasteiger partial charge < -0.3 is 19.2 Å². The average Bonchev–Trinajstić information content (AvgIpc) is 0.722. The van der Waals surface area contributed by atoms with Crippen molar-refractivity contribution in [2.75, 3.05) is 0 Å². The minimum Gasteiger partial charge on any atom is 0 e. The van der Waals surface area contributed by atoms with Crippen molar-refractivity contribution in [2.45, 2.75) is 0 Å². The third-order valence-corrected chi connectivity index (χ3v) is 0. The molecule has 0 aliphatic heterocycles. The largest absolute Gasteiger partial charge is 0 e. The fourth-order valence-electron chi connectivity index (χ4n) is 0. The van der Waals surface area contributed by atoms with Crippen LogP contribution in [0.4, 0.5) is 0 Å². The van der Waals surface area contributed by atoms with E-state index in [4.69, 9.17) is 19.2 Å². The molecule has 4 nitrogen and oxygen atoms in total. The maximum absolute atomic E-state index is 7.33. The second kappa shape index (κ2) is 7.06. The predicted molar refractivity (Wildman–Crippen MR) is 23.2 cm³/mol. The van der Waals surface area contributed by atoms with E-state index in [-0.39, 0.29) is 88.8 Å². The molecule has 0 spiro atoms. The Morgan fingerprint density at radius 2 is 0.857 bits per heavy atom. The van der Waals surface area contributed by atoms with Crippen molar-refractivity contribution in [1.82, 2.24) is 0 Å². The van der Waals surface area contributed by atoms with Gasteiger partial charge in [0.05, 0.1) is 0 Å². The first-order valence-electron chi connectivity index (χ1n) is 0.894. The van der Waals surface area contributed by atoms with Crippen molar-refractivity contribution in [2.24, 2.45) is 0 Å². The topological polar surface area (TPSA) is 80.9 Å². The van der Waals surface area contributed by atoms with E-state index in [1.807, 2.05) is 0 Å². The van der Waals surface area contributed by atoms with Crippen LogP contribution in [-0.2, 0) is 0 Å². The van der Waals surface area contributed by atoms with E-state index in [1.54, 1.807) is 0 Å². The average molecular weight is 393 g/mol. The molecule has 0 heterocycles. The van der Waals surface area contributed by atoms with Gasteiger partial charge in [-0.3, -0.25) is 0 Å². The van der Waals surface area contributed by atoms with Gasteiger partial charge in [-0.25, -0.2) is 0 Å². The van der Waals surface area contributed by atoms with Gasteiger partial charge in [0.2, 0.25) is 0 Å². The van der Waals surface area contributed by atoms with Gasteiger partial charge in [0.1, 0.15) is 0 Å². The van der Waals surface area contributed by atoms with Gasteiger partial charge in [-0.15, -0.1) is 0 Å². The Morgan fingerprint density at radius 1 is 0.857 bits per heavy atom. The van der Waals surface area contributed by atoms with Gasteiger partial charge in [0.15, 0.2) is 0 Å². The van der Waals surface area contributed by atoms with Crippen LogP contribution in [0.1, 0.15) is 0 Å². The zero-order chi connectivity index (χ0) is 4.50. The Balaban J connectivity index is -0.0000000800. The monoisotopic (exact) mass is 394 g/mol. The van der Waals surface area contributed by atoms with Gasteiger partial charge in [-0.1, -0.05) is 0 Å². The first-order valence-corrected chi connectivity index (χ1v) is 2.68. The van der Waals surface area contributed by atoms with Gasteiger partial charge in [0.25, 0.3) is 0 Å². The molecule has 0 aliphatic carbocycles. The first kappa shape index (κ1) is 16.5. The van der Waals surface area contributed by atoms with Crippen molar-refractivity contribution in [1.29, 1.82) is 0 Å². The van der Waals surface area contributed by atoms with Crippen LogP contribution in [0.15, 0.2) is 0 Å². The summed E-state index contributed by atoms with van der Waals surface area (Å²) in [5.74, 6) is 0. The van der Waals surface area contributed by atoms with Crippen LogP contribution in [0.3, 0.4) is 0 Å². The second-order valence-corrected chi connectivity index (χ2v) is 1.80. The molecule has 0 radical (unpaired) electrons. The standard InChI is InChI=1S/Ba.Gd.H4O4Si.2H/c;;1-5(2,3)4;;/h;;1-4H;;. The Labute approximate surface area is 114 Å². The molecule has 0 fully saturated rings. The molecule has 0 saturated heterocycles. The quantitative estimate of drug-likeness (QED) is 0.322. The second-order valence-electron chi connectivity index (χ2n) is 0.600. The van der Waals surface area contributed by atoms with Crippen LogP contribution < -0.4 is 0 Å². The molecule has 0 aromatic rings. The SMILES string of the molecule is O[Si](O)(O)O.[BaH2].[Gd]. The van der Waals surface area contributed by atoms with Crippen LogP contribution >= 0.6 is 0 Å². The molecule has 7 heavy (non-hydrogen) atoms. The molecule has 0 rings (SSSR count). The Morgan fingerprint density at radius 3 is 0.857 bits per heavy atom. The number of hydrogen-bond acceptors (Lipinski definition) is 4. The zero-order valence-electron chi connectivity index (χ0n) is 2.64. The molecule has 4 N–H and O–H groups in total. The molecule has 0 aromatic heterocycles. The van der Waals surface area contributed by atoms with E-state index in [9.17, 15) is 0 Å². The third-order valence-electron chi connectivity index (χ3n) is 0. The minimum atomic E-state index is -4.61. The molecule has 7 heteroatoms. The summed E-state index contributed by atoms with van der Waals surface area (Å²) in [5.41, 5.74) is 0. The van der Waals surface area contributed by atoms with E-state index in [2.05, 4.69) is 0 Å². The molecule has 0 aliphatic rings. The molecule has 0 unspecified atom stereocenters. The van der Waals surface area contributed by atoms with Crippen LogP contribution in [0.2, 0.25) is 0 Å². The van der Waals surface area contributed by atoms with E-state index < -0.39 is 9.05 Å². The summed E-state index contributed by atoms with van der Waals surface area (Å²) in [5, 5.41) is 0. The van der Waals surface area contributed by atoms with Crippen LogP contribution in [0.5, 0.6) is 0 Å². The summed E-state index contributed by atoms with van der Waals surface area (Å²) >= 11 is 0. The van der Waals surface area contributed by atoms with Crippen LogP contribution in [0, 0.1) is 39.9 Å². The summed E-state index contributed by atoms with van der Waals surface area (Å²) in [7, 11) is -4.61. The molecule has 44 valence electrons. The summed E-state index contributed by atoms with van der Waals surface area (Å²) < 4.78 is 0. The molecule has 0 bridgehead atoms. The Kier molecular flexibility index (Phi) is 16.7. The van der Waals surface area contributed by atoms with E-state index in [0.717, 1.165) is 0 Å². The maximum atomic E-state index is 7.33. The zero-order valence-corrected chi connectivity index (χ0v) is 5.91. The van der Waals surface area contributed by atoms with Crippen molar-refractivity contribution in [3.63, 3.8) is 0 Å². The number of rotatable bonds is 0. The Bertz CT molecular complexity index is 27.2. The predicted octanol–water partition coefficient (Wildman–Crippen LogP) is -3.52. The smallest absolute Gasteiger partial charge is 0 e. The normalized spacial score (nSPS) is 8.57. The first-order chi connectivity index (χ1) is 2.00. The van der Waals surface area contributed by atoms with E-state index in [0.29, 0.717) is 0 Å². The fourth-order valence-corrected chi connectivity index (χ4v) is 0. The molecule has 0 aromatic carbocycles. The molecule has 0 amide bonds. The van der Waals surface area contributed by atoms with E-state index in [1.165, 1.54) is 0 Å².